The first kappa shape index (κ1) is 11.8. The third-order valence-electron chi connectivity index (χ3n) is 1.68. The van der Waals surface area contributed by atoms with Crippen LogP contribution in [0.5, 0.6) is 5.88 Å². The van der Waals surface area contributed by atoms with Crippen LogP contribution in [0.15, 0.2) is 10.7 Å². The molecule has 0 saturated carbocycles. The number of hydrogen-bond donors (Lipinski definition) is 1. The van der Waals surface area contributed by atoms with E-state index in [-0.39, 0.29) is 15.9 Å². The van der Waals surface area contributed by atoms with E-state index in [2.05, 4.69) is 20.9 Å². The number of methoxy groups -OCH3 is 1. The van der Waals surface area contributed by atoms with Crippen molar-refractivity contribution in [2.45, 2.75) is 6.43 Å². The van der Waals surface area contributed by atoms with Crippen molar-refractivity contribution in [3.05, 3.63) is 21.8 Å². The summed E-state index contributed by atoms with van der Waals surface area (Å²) in [6.45, 7) is 0. The highest BCUT2D eigenvalue weighted by atomic mass is 79.9. The van der Waals surface area contributed by atoms with Gasteiger partial charge in [0.15, 0.2) is 0 Å². The van der Waals surface area contributed by atoms with E-state index in [1.54, 1.807) is 0 Å². The molecule has 4 nitrogen and oxygen atoms in total. The summed E-state index contributed by atoms with van der Waals surface area (Å²) in [6.07, 6.45) is -1.81. The Morgan fingerprint density at radius 3 is 2.67 bits per heavy atom. The van der Waals surface area contributed by atoms with Crippen LogP contribution in [0.4, 0.5) is 8.78 Å². The normalized spacial score (nSPS) is 10.5. The maximum atomic E-state index is 12.4. The molecule has 0 fully saturated rings. The Morgan fingerprint density at radius 2 is 2.27 bits per heavy atom. The van der Waals surface area contributed by atoms with Gasteiger partial charge in [-0.05, 0) is 15.9 Å². The van der Waals surface area contributed by atoms with Gasteiger partial charge in [0.2, 0.25) is 5.88 Å². The maximum Gasteiger partial charge on any atom is 0.266 e. The van der Waals surface area contributed by atoms with Gasteiger partial charge in [0.05, 0.1) is 12.7 Å². The Kier molecular flexibility index (Phi) is 3.57. The van der Waals surface area contributed by atoms with Crippen molar-refractivity contribution in [1.82, 2.24) is 4.98 Å². The zero-order valence-electron chi connectivity index (χ0n) is 7.63. The van der Waals surface area contributed by atoms with Crippen LogP contribution < -0.4 is 10.5 Å². The van der Waals surface area contributed by atoms with Gasteiger partial charge in [-0.15, -0.1) is 0 Å². The number of halogens is 3. The number of nitrogens with two attached hydrogens (primary N) is 1. The molecule has 0 unspecified atom stereocenters. The zero-order valence-corrected chi connectivity index (χ0v) is 9.22. The zero-order chi connectivity index (χ0) is 11.6. The predicted octanol–water partition coefficient (Wildman–Crippen LogP) is 1.89. The van der Waals surface area contributed by atoms with E-state index >= 15 is 0 Å². The molecule has 15 heavy (non-hydrogen) atoms. The monoisotopic (exact) mass is 280 g/mol. The number of amides is 1. The number of carbonyl (C=O) groups excluding carboxylic acids is 1. The second-order valence-corrected chi connectivity index (χ2v) is 3.37. The van der Waals surface area contributed by atoms with Gasteiger partial charge < -0.3 is 10.5 Å². The van der Waals surface area contributed by atoms with Crippen LogP contribution in [0.1, 0.15) is 22.3 Å². The van der Waals surface area contributed by atoms with Crippen molar-refractivity contribution in [2.24, 2.45) is 5.73 Å². The Balaban J connectivity index is 3.42. The minimum Gasteiger partial charge on any atom is -0.480 e. The lowest BCUT2D eigenvalue weighted by Gasteiger charge is -2.09. The fourth-order valence-electron chi connectivity index (χ4n) is 1.01. The van der Waals surface area contributed by atoms with Crippen molar-refractivity contribution in [3.8, 4) is 5.88 Å². The SMILES string of the molecule is COc1ncc(C(F)F)c(Br)c1C(N)=O. The van der Waals surface area contributed by atoms with E-state index in [9.17, 15) is 13.6 Å². The van der Waals surface area contributed by atoms with Crippen molar-refractivity contribution >= 4 is 21.8 Å². The van der Waals surface area contributed by atoms with Gasteiger partial charge in [-0.2, -0.15) is 0 Å². The third kappa shape index (κ3) is 2.23. The summed E-state index contributed by atoms with van der Waals surface area (Å²) >= 11 is 2.87. The maximum absolute atomic E-state index is 12.4. The summed E-state index contributed by atoms with van der Waals surface area (Å²) in [6, 6.07) is 0. The Hall–Kier alpha value is -1.24. The van der Waals surface area contributed by atoms with Gasteiger partial charge in [0, 0.05) is 10.7 Å². The van der Waals surface area contributed by atoms with Crippen LogP contribution >= 0.6 is 15.9 Å². The largest absolute Gasteiger partial charge is 0.480 e. The molecule has 0 aromatic carbocycles. The highest BCUT2D eigenvalue weighted by Gasteiger charge is 2.22. The highest BCUT2D eigenvalue weighted by molar-refractivity contribution is 9.10. The van der Waals surface area contributed by atoms with Gasteiger partial charge >= 0.3 is 0 Å². The summed E-state index contributed by atoms with van der Waals surface area (Å²) in [5, 5.41) is 0. The fraction of sp³-hybridized carbons (Fsp3) is 0.250. The smallest absolute Gasteiger partial charge is 0.266 e. The minimum atomic E-state index is -2.74. The number of aromatic nitrogens is 1. The molecule has 0 spiro atoms. The molecule has 0 aliphatic rings. The average molecular weight is 281 g/mol. The van der Waals surface area contributed by atoms with E-state index < -0.39 is 17.9 Å². The van der Waals surface area contributed by atoms with Crippen molar-refractivity contribution < 1.29 is 18.3 Å². The van der Waals surface area contributed by atoms with Crippen LogP contribution in [-0.2, 0) is 0 Å². The summed E-state index contributed by atoms with van der Waals surface area (Å²) in [4.78, 5) is 14.6. The first-order valence-corrected chi connectivity index (χ1v) is 4.58. The number of ether oxygens (including phenoxy) is 1. The summed E-state index contributed by atoms with van der Waals surface area (Å²) in [5.41, 5.74) is 4.44. The molecule has 0 bridgehead atoms. The first-order chi connectivity index (χ1) is 6.99. The van der Waals surface area contributed by atoms with Crippen LogP contribution in [0.2, 0.25) is 0 Å². The van der Waals surface area contributed by atoms with Gasteiger partial charge in [-0.3, -0.25) is 4.79 Å². The number of rotatable bonds is 3. The van der Waals surface area contributed by atoms with Crippen molar-refractivity contribution in [1.29, 1.82) is 0 Å². The lowest BCUT2D eigenvalue weighted by Crippen LogP contribution is -2.15. The number of primary amides is 1. The molecule has 1 rings (SSSR count). The molecule has 82 valence electrons. The molecule has 0 saturated heterocycles. The molecule has 0 aliphatic heterocycles. The van der Waals surface area contributed by atoms with E-state index in [4.69, 9.17) is 10.5 Å². The average Bonchev–Trinajstić information content (AvgIpc) is 2.15. The molecule has 0 radical (unpaired) electrons. The van der Waals surface area contributed by atoms with Gasteiger partial charge in [-0.1, -0.05) is 0 Å². The predicted molar refractivity (Wildman–Crippen MR) is 52.0 cm³/mol. The lowest BCUT2D eigenvalue weighted by molar-refractivity contribution is 0.0995. The van der Waals surface area contributed by atoms with E-state index in [0.29, 0.717) is 0 Å². The Labute approximate surface area is 92.6 Å². The quantitative estimate of drug-likeness (QED) is 0.920. The molecular formula is C8H7BrF2N2O2. The van der Waals surface area contributed by atoms with Crippen molar-refractivity contribution in [2.75, 3.05) is 7.11 Å². The highest BCUT2D eigenvalue weighted by Crippen LogP contribution is 2.33. The standard InChI is InChI=1S/C8H7BrF2N2O2/c1-15-8-4(7(12)14)5(9)3(2-13-8)6(10)11/h2,6H,1H3,(H2,12,14). The summed E-state index contributed by atoms with van der Waals surface area (Å²) in [5.74, 6) is -0.965. The number of alkyl halides is 2. The van der Waals surface area contributed by atoms with E-state index in [1.165, 1.54) is 7.11 Å². The summed E-state index contributed by atoms with van der Waals surface area (Å²) < 4.78 is 29.5. The van der Waals surface area contributed by atoms with Crippen LogP contribution in [0, 0.1) is 0 Å². The first-order valence-electron chi connectivity index (χ1n) is 3.79. The second-order valence-electron chi connectivity index (χ2n) is 2.58. The number of pyridine rings is 1. The second kappa shape index (κ2) is 4.52. The molecule has 1 amide bonds. The van der Waals surface area contributed by atoms with Crippen molar-refractivity contribution in [3.63, 3.8) is 0 Å². The summed E-state index contributed by atoms with van der Waals surface area (Å²) in [7, 11) is 1.27. The molecule has 0 aliphatic carbocycles. The topological polar surface area (TPSA) is 65.2 Å². The number of hydrogen-bond acceptors (Lipinski definition) is 3. The van der Waals surface area contributed by atoms with Crippen LogP contribution in [0.3, 0.4) is 0 Å². The molecule has 1 heterocycles. The molecule has 7 heteroatoms. The fourth-order valence-corrected chi connectivity index (χ4v) is 1.65. The number of nitrogens with zero attached hydrogens (tertiary/aromatic N) is 1. The molecule has 1 aromatic heterocycles. The molecule has 2 N–H and O–H groups in total. The lowest BCUT2D eigenvalue weighted by atomic mass is 10.2. The van der Waals surface area contributed by atoms with Gasteiger partial charge in [0.25, 0.3) is 12.3 Å². The molecular weight excluding hydrogens is 274 g/mol. The van der Waals surface area contributed by atoms with E-state index in [0.717, 1.165) is 6.20 Å². The third-order valence-corrected chi connectivity index (χ3v) is 2.54. The van der Waals surface area contributed by atoms with Crippen LogP contribution in [0.25, 0.3) is 0 Å². The van der Waals surface area contributed by atoms with Crippen LogP contribution in [-0.4, -0.2) is 18.0 Å². The Bertz CT molecular complexity index is 398. The molecule has 1 aromatic rings. The van der Waals surface area contributed by atoms with Gasteiger partial charge in [-0.25, -0.2) is 13.8 Å². The van der Waals surface area contributed by atoms with Gasteiger partial charge in [0.1, 0.15) is 5.56 Å². The minimum absolute atomic E-state index is 0.0845. The number of carbonyl (C=O) groups is 1. The Morgan fingerprint density at radius 1 is 1.67 bits per heavy atom. The van der Waals surface area contributed by atoms with E-state index in [1.807, 2.05) is 0 Å². The molecule has 0 atom stereocenters.